The molecule has 6 N–H and O–H groups in total. The Kier molecular flexibility index (Phi) is 45.6. The molecule has 0 saturated heterocycles. The molecule has 139 heavy (non-hydrogen) atoms. The first-order valence-corrected chi connectivity index (χ1v) is 56.7. The molecule has 0 aliphatic carbocycles. The van der Waals surface area contributed by atoms with E-state index >= 15 is 0 Å². The van der Waals surface area contributed by atoms with Crippen LogP contribution in [0.25, 0.3) is 87.2 Å². The fraction of sp³-hybridized carbons (Fsp3) is 0.305. The van der Waals surface area contributed by atoms with Crippen LogP contribution in [0.5, 0.6) is 0 Å². The lowest BCUT2D eigenvalue weighted by atomic mass is 9.96. The average Bonchev–Trinajstić information content (AvgIpc) is 0.787. The summed E-state index contributed by atoms with van der Waals surface area (Å²) in [5.41, 5.74) is 16.6. The molecule has 23 nitrogen and oxygen atoms in total. The van der Waals surface area contributed by atoms with E-state index < -0.39 is 48.6 Å². The third-order valence-corrected chi connectivity index (χ3v) is 41.3. The maximum Gasteiger partial charge on any atom is 0.233 e. The van der Waals surface area contributed by atoms with Crippen LogP contribution in [0.4, 0.5) is 0 Å². The van der Waals surface area contributed by atoms with Crippen LogP contribution in [0.3, 0.4) is 0 Å². The minimum Gasteiger partial charge on any atom is -0.409 e. The van der Waals surface area contributed by atoms with E-state index in [1.807, 2.05) is 158 Å². The van der Waals surface area contributed by atoms with Crippen LogP contribution in [0.15, 0.2) is 264 Å². The van der Waals surface area contributed by atoms with Crippen molar-refractivity contribution in [2.24, 2.45) is 11.1 Å². The Balaban J connectivity index is 0.000000198. The van der Waals surface area contributed by atoms with Gasteiger partial charge in [0.2, 0.25) is 18.5 Å². The topological polar surface area (TPSA) is 332 Å². The number of benzene rings is 8. The second-order valence-corrected chi connectivity index (χ2v) is 51.5. The van der Waals surface area contributed by atoms with E-state index in [1.165, 1.54) is 24.7 Å². The summed E-state index contributed by atoms with van der Waals surface area (Å²) in [6.45, 7) is 27.8. The molecule has 0 radical (unpaired) electrons. The highest BCUT2D eigenvalue weighted by molar-refractivity contribution is 9.10. The second-order valence-electron chi connectivity index (χ2n) is 33.7. The Morgan fingerprint density at radius 2 is 0.741 bits per heavy atom. The zero-order valence-electron chi connectivity index (χ0n) is 79.2. The van der Waals surface area contributed by atoms with Gasteiger partial charge in [0.05, 0.1) is 75.4 Å². The van der Waals surface area contributed by atoms with Crippen LogP contribution < -0.4 is 21.9 Å². The molecule has 0 bridgehead atoms. The number of rotatable bonds is 28. The van der Waals surface area contributed by atoms with Crippen molar-refractivity contribution in [2.45, 2.75) is 169 Å². The number of hydrogen-bond donors (Lipinski definition) is 5. The van der Waals surface area contributed by atoms with Crippen LogP contribution in [-0.4, -0.2) is 119 Å². The fourth-order valence-electron chi connectivity index (χ4n) is 15.9. The average molecular weight is 2140 g/mol. The predicted octanol–water partition coefficient (Wildman–Crippen LogP) is 29.6. The highest BCUT2D eigenvalue weighted by Crippen LogP contribution is 2.42. The highest BCUT2D eigenvalue weighted by Gasteiger charge is 2.38. The molecular formula is C105H120BrCl7N12O11Si3. The Labute approximate surface area is 857 Å². The second kappa shape index (κ2) is 55.4. The van der Waals surface area contributed by atoms with Gasteiger partial charge in [0, 0.05) is 172 Å². The van der Waals surface area contributed by atoms with E-state index in [0.29, 0.717) is 64.6 Å². The van der Waals surface area contributed by atoms with Gasteiger partial charge >= 0.3 is 0 Å². The smallest absolute Gasteiger partial charge is 0.233 e. The number of aromatic amines is 2. The van der Waals surface area contributed by atoms with Crippen LogP contribution in [0, 0.1) is 25.6 Å². The molecule has 8 heterocycles. The number of nitro groups is 2. The van der Waals surface area contributed by atoms with Gasteiger partial charge in [0.15, 0.2) is 36.7 Å². The van der Waals surface area contributed by atoms with Crippen molar-refractivity contribution >= 4 is 216 Å². The molecule has 0 fully saturated rings. The molecule has 34 heteroatoms. The monoisotopic (exact) mass is 2130 g/mol. The van der Waals surface area contributed by atoms with E-state index in [1.54, 1.807) is 61.3 Å². The molecule has 0 spiro atoms. The van der Waals surface area contributed by atoms with Crippen LogP contribution >= 0.6 is 97.1 Å². The summed E-state index contributed by atoms with van der Waals surface area (Å²) in [7, 11) is -5.57. The number of aliphatic hydroxyl groups excluding tert-OH is 1. The number of hydrogen-bond acceptors (Lipinski definition) is 19. The van der Waals surface area contributed by atoms with E-state index in [9.17, 15) is 39.7 Å². The molecule has 0 aliphatic rings. The predicted molar refractivity (Wildman–Crippen MR) is 588 cm³/mol. The van der Waals surface area contributed by atoms with Gasteiger partial charge in [0.25, 0.3) is 0 Å². The number of nitrogens with two attached hydrogens (primary N) is 1. The van der Waals surface area contributed by atoms with Crippen molar-refractivity contribution < 1.29 is 33.0 Å². The zero-order chi connectivity index (χ0) is 100. The summed E-state index contributed by atoms with van der Waals surface area (Å²) >= 11 is 46.2. The van der Waals surface area contributed by atoms with Gasteiger partial charge in [0.1, 0.15) is 17.2 Å². The number of fused-ring (bicyclic) bond motifs is 8. The largest absolute Gasteiger partial charge is 0.409 e. The maximum absolute atomic E-state index is 11.4. The van der Waals surface area contributed by atoms with Gasteiger partial charge in [-0.25, -0.2) is 0 Å². The van der Waals surface area contributed by atoms with Crippen molar-refractivity contribution in [3.8, 4) is 0 Å². The Hall–Kier alpha value is -9.97. The summed E-state index contributed by atoms with van der Waals surface area (Å²) < 4.78 is 20.9. The molecule has 0 amide bonds. The van der Waals surface area contributed by atoms with Crippen LogP contribution in [0.1, 0.15) is 148 Å². The number of aliphatic hydroxyl groups is 1. The zero-order valence-corrected chi connectivity index (χ0v) is 89.0. The van der Waals surface area contributed by atoms with E-state index in [0.717, 1.165) is 160 Å². The minimum atomic E-state index is -2.02. The minimum absolute atomic E-state index is 0. The number of para-hydroxylation sites is 8. The summed E-state index contributed by atoms with van der Waals surface area (Å²) in [4.78, 5) is 85.6. The summed E-state index contributed by atoms with van der Waals surface area (Å²) in [5.74, 6) is 0. The number of pyridine rings is 8. The number of nitrogens with zero attached hydrogens (tertiary/aromatic N) is 8. The number of halogens is 8. The van der Waals surface area contributed by atoms with Gasteiger partial charge < -0.3 is 39.4 Å². The number of carbonyl (C=O) groups is 1. The highest BCUT2D eigenvalue weighted by atomic mass is 79.9. The van der Waals surface area contributed by atoms with Gasteiger partial charge in [-0.2, -0.15) is 0 Å². The quantitative estimate of drug-likeness (QED) is 0.0132. The van der Waals surface area contributed by atoms with E-state index in [-0.39, 0.29) is 57.4 Å². The molecule has 16 rings (SSSR count). The molecule has 0 saturated carbocycles. The first-order valence-electron chi connectivity index (χ1n) is 45.7. The lowest BCUT2D eigenvalue weighted by molar-refractivity contribution is -0.491. The van der Waals surface area contributed by atoms with Gasteiger partial charge in [-0.15, -0.1) is 0 Å². The normalized spacial score (nSPS) is 12.2. The molecular weight excluding hydrogens is 2020 g/mol. The fourth-order valence-corrected chi connectivity index (χ4v) is 26.4. The molecule has 16 aromatic rings. The number of H-pyrrole nitrogens is 2. The number of aromatic nitrogens is 8. The third-order valence-electron chi connectivity index (χ3n) is 24.1. The summed E-state index contributed by atoms with van der Waals surface area (Å²) in [5, 5.41) is 45.2. The first kappa shape index (κ1) is 114. The maximum atomic E-state index is 11.4. The Morgan fingerprint density at radius 3 is 1.14 bits per heavy atom. The van der Waals surface area contributed by atoms with Crippen molar-refractivity contribution in [2.75, 3.05) is 32.7 Å². The first-order chi connectivity index (χ1) is 66.2. The molecule has 0 aliphatic heterocycles. The summed E-state index contributed by atoms with van der Waals surface area (Å²) in [6, 6.07) is 71.8. The Morgan fingerprint density at radius 1 is 0.424 bits per heavy atom. The van der Waals surface area contributed by atoms with Gasteiger partial charge in [-0.05, 0) is 136 Å². The summed E-state index contributed by atoms with van der Waals surface area (Å²) in [6.07, 6.45) is 11.4. The van der Waals surface area contributed by atoms with Crippen molar-refractivity contribution in [3.05, 3.63) is 358 Å². The van der Waals surface area contributed by atoms with Gasteiger partial charge in [-0.1, -0.05) is 305 Å². The molecule has 8 aromatic heterocycles. The van der Waals surface area contributed by atoms with Crippen molar-refractivity contribution in [1.82, 2.24) is 45.2 Å². The molecule has 4 atom stereocenters. The number of aldehydes is 1. The SMILES string of the molecule is C.CC[Si](CC)(CC)OC(CN)c1c(Cl)cnc2ccccc12.CC[Si](CC)(CC)OC(CNCC(C)(C)C)c1c(Cl)cnc2ccccc12.CC[Si](CC)(CC)OC(C[N+](=O)[O-])c1c(Cl)cnc2ccccc12.Clc1cnc2ccccc2c1Br.O=Cc1c(Cl)cnc2ccccc12.O=[N+]([O-])CC(O)c1c(Cl)cnc2ccccc12.O=c1c(Cl)c[nH]c2ccccc12.O=c1cc[nH]c2ccccc12. The van der Waals surface area contributed by atoms with Gasteiger partial charge in [-0.3, -0.25) is 64.5 Å². The van der Waals surface area contributed by atoms with E-state index in [4.69, 9.17) is 100 Å². The lowest BCUT2D eigenvalue weighted by Gasteiger charge is -2.35. The Bertz CT molecular complexity index is 6880. The third kappa shape index (κ3) is 31.0. The molecule has 8 aromatic carbocycles. The standard InChI is InChI=1S/C22H35ClN2OSi.C17H23ClN2O3Si.C17H25ClN2OSi.C11H9ClN2O3.C10H6ClNO.C9H5BrClN.C9H6ClNO.C9H7NO.CH4/c1-7-27(8-2,9-3)26-20(15-24-16-22(4,5)6)21-17-12-10-11-13-19(17)25-14-18(21)23;1-4-24(5-2,6-3)23-16(12-20(21)22)17-13-9-7-8-10-15(13)19-11-14(17)18;1-4-22(5-2,6-3)21-16(11-19)17-13-9-7-8-10-15(13)20-12-14(17)18;12-8-5-13-9-4-2-1-3-7(9)11(8)10(15)6-14(16)17;11-9-5-12-10-4-2-1-3-7(10)8(9)6-13;10-9-6-3-1-2-4-8(6)12-5-7(9)11;10-7-5-11-8-4-2-1-3-6(8)9(7)12;11-9-5-6-10-8-4-2-1-3-7(8)9;/h10-14,20,24H,7-9,15-16H2,1-6H3;7-11,16H,4-6,12H2,1-3H3;7-10,12,16H,4-6,11,19H2,1-3H3;1-5,10,15H,6H2;1-6H;1-5H;1-5H,(H,11,12);1-6H,(H,10,11);1H4. The molecule has 734 valence electrons. The van der Waals surface area contributed by atoms with Crippen molar-refractivity contribution in [3.63, 3.8) is 0 Å². The lowest BCUT2D eigenvalue weighted by Crippen LogP contribution is -2.41. The van der Waals surface area contributed by atoms with E-state index in [2.05, 4.69) is 150 Å². The number of carbonyl (C=O) groups excluding carboxylic acids is 1. The van der Waals surface area contributed by atoms with Crippen molar-refractivity contribution in [1.29, 1.82) is 0 Å². The number of nitrogens with one attached hydrogen (secondary N) is 3. The van der Waals surface area contributed by atoms with Crippen LogP contribution in [-0.2, 0) is 13.3 Å². The molecule has 4 unspecified atom stereocenters. The van der Waals surface area contributed by atoms with Crippen LogP contribution in [0.2, 0.25) is 89.6 Å².